The molecule has 0 aliphatic heterocycles. The molecule has 0 aliphatic carbocycles. The number of halogens is 1. The van der Waals surface area contributed by atoms with E-state index in [-0.39, 0.29) is 11.6 Å². The first-order chi connectivity index (χ1) is 8.13. The molecule has 1 aromatic carbocycles. The zero-order chi connectivity index (χ0) is 12.4. The summed E-state index contributed by atoms with van der Waals surface area (Å²) < 4.78 is 18.1. The molecule has 6 heteroatoms. The monoisotopic (exact) mass is 253 g/mol. The normalized spacial score (nSPS) is 10.5. The van der Waals surface area contributed by atoms with Crippen LogP contribution in [-0.4, -0.2) is 22.5 Å². The Morgan fingerprint density at radius 1 is 1.53 bits per heavy atom. The van der Waals surface area contributed by atoms with Gasteiger partial charge in [0, 0.05) is 11.6 Å². The first-order valence-electron chi connectivity index (χ1n) is 4.66. The lowest BCUT2D eigenvalue weighted by Gasteiger charge is -2.04. The minimum Gasteiger partial charge on any atom is -0.475 e. The van der Waals surface area contributed by atoms with Gasteiger partial charge in [0.1, 0.15) is 11.5 Å². The van der Waals surface area contributed by atoms with Gasteiger partial charge in [-0.05, 0) is 12.3 Å². The van der Waals surface area contributed by atoms with Crippen LogP contribution in [0, 0.1) is 5.82 Å². The molecule has 0 saturated heterocycles. The Balaban J connectivity index is 2.52. The summed E-state index contributed by atoms with van der Waals surface area (Å²) in [5.74, 6) is -1.84. The molecule has 0 unspecified atom stereocenters. The highest BCUT2D eigenvalue weighted by atomic mass is 32.2. The molecule has 1 aromatic heterocycles. The molecular formula is C11H8FNO3S. The highest BCUT2D eigenvalue weighted by Crippen LogP contribution is 2.31. The van der Waals surface area contributed by atoms with Gasteiger partial charge in [0.25, 0.3) is 0 Å². The molecule has 0 aliphatic rings. The third-order valence-corrected chi connectivity index (χ3v) is 2.99. The van der Waals surface area contributed by atoms with Gasteiger partial charge < -0.3 is 9.63 Å². The van der Waals surface area contributed by atoms with Gasteiger partial charge in [0.15, 0.2) is 0 Å². The Morgan fingerprint density at radius 2 is 2.29 bits per heavy atom. The van der Waals surface area contributed by atoms with E-state index in [0.29, 0.717) is 16.2 Å². The number of carboxylic acid groups (broad SMARTS) is 1. The van der Waals surface area contributed by atoms with Gasteiger partial charge in [0.2, 0.25) is 5.76 Å². The molecule has 4 nitrogen and oxygen atoms in total. The number of hydrogen-bond donors (Lipinski definition) is 1. The van der Waals surface area contributed by atoms with Gasteiger partial charge in [0.05, 0.1) is 4.90 Å². The Morgan fingerprint density at radius 3 is 2.88 bits per heavy atom. The zero-order valence-electron chi connectivity index (χ0n) is 8.81. The number of carbonyl (C=O) groups is 1. The first kappa shape index (κ1) is 11.7. The second-order valence-corrected chi connectivity index (χ2v) is 4.02. The molecule has 0 radical (unpaired) electrons. The predicted octanol–water partition coefficient (Wildman–Crippen LogP) is 2.90. The first-order valence-corrected chi connectivity index (χ1v) is 5.89. The number of rotatable bonds is 3. The highest BCUT2D eigenvalue weighted by Gasteiger charge is 2.16. The quantitative estimate of drug-likeness (QED) is 0.852. The topological polar surface area (TPSA) is 63.3 Å². The maximum Gasteiger partial charge on any atom is 0.374 e. The smallest absolute Gasteiger partial charge is 0.374 e. The van der Waals surface area contributed by atoms with Crippen LogP contribution >= 0.6 is 11.8 Å². The predicted molar refractivity (Wildman–Crippen MR) is 60.6 cm³/mol. The van der Waals surface area contributed by atoms with Gasteiger partial charge in [-0.15, -0.1) is 11.8 Å². The van der Waals surface area contributed by atoms with Crippen molar-refractivity contribution in [2.24, 2.45) is 0 Å². The van der Waals surface area contributed by atoms with Crippen LogP contribution in [0.25, 0.3) is 11.3 Å². The summed E-state index contributed by atoms with van der Waals surface area (Å²) in [6.07, 6.45) is 1.74. The SMILES string of the molecule is CSc1c(F)cccc1-c1cc(C(=O)O)on1. The van der Waals surface area contributed by atoms with Crippen molar-refractivity contribution < 1.29 is 18.8 Å². The van der Waals surface area contributed by atoms with Crippen LogP contribution < -0.4 is 0 Å². The van der Waals surface area contributed by atoms with E-state index < -0.39 is 5.97 Å². The molecule has 0 bridgehead atoms. The molecule has 0 amide bonds. The van der Waals surface area contributed by atoms with E-state index in [0.717, 1.165) is 0 Å². The van der Waals surface area contributed by atoms with Gasteiger partial charge in [-0.3, -0.25) is 0 Å². The molecule has 2 aromatic rings. The van der Waals surface area contributed by atoms with Crippen molar-refractivity contribution in [3.63, 3.8) is 0 Å². The number of hydrogen-bond acceptors (Lipinski definition) is 4. The minimum absolute atomic E-state index is 0.267. The average molecular weight is 253 g/mol. The van der Waals surface area contributed by atoms with Crippen LogP contribution in [0.3, 0.4) is 0 Å². The zero-order valence-corrected chi connectivity index (χ0v) is 9.62. The Bertz CT molecular complexity index is 568. The summed E-state index contributed by atoms with van der Waals surface area (Å²) in [5, 5.41) is 12.3. The van der Waals surface area contributed by atoms with Crippen LogP contribution in [0.5, 0.6) is 0 Å². The summed E-state index contributed by atoms with van der Waals surface area (Å²) in [5.41, 5.74) is 0.833. The summed E-state index contributed by atoms with van der Waals surface area (Å²) >= 11 is 1.23. The lowest BCUT2D eigenvalue weighted by molar-refractivity contribution is 0.0652. The number of benzene rings is 1. The van der Waals surface area contributed by atoms with E-state index >= 15 is 0 Å². The summed E-state index contributed by atoms with van der Waals surface area (Å²) in [7, 11) is 0. The number of nitrogens with zero attached hydrogens (tertiary/aromatic N) is 1. The third-order valence-electron chi connectivity index (χ3n) is 2.17. The van der Waals surface area contributed by atoms with Crippen LogP contribution in [-0.2, 0) is 0 Å². The number of aromatic nitrogens is 1. The maximum absolute atomic E-state index is 13.5. The molecule has 0 saturated carbocycles. The molecule has 0 spiro atoms. The van der Waals surface area contributed by atoms with E-state index in [1.54, 1.807) is 18.4 Å². The van der Waals surface area contributed by atoms with E-state index in [4.69, 9.17) is 5.11 Å². The Kier molecular flexibility index (Phi) is 3.14. The summed E-state index contributed by atoms with van der Waals surface area (Å²) in [6, 6.07) is 5.82. The van der Waals surface area contributed by atoms with E-state index in [2.05, 4.69) is 9.68 Å². The van der Waals surface area contributed by atoms with Crippen molar-refractivity contribution in [2.45, 2.75) is 4.90 Å². The fraction of sp³-hybridized carbons (Fsp3) is 0.0909. The van der Waals surface area contributed by atoms with Crippen LogP contribution in [0.4, 0.5) is 4.39 Å². The standard InChI is InChI=1S/C11H8FNO3S/c1-17-10-6(3-2-4-7(10)12)8-5-9(11(14)15)16-13-8/h2-5H,1H3,(H,14,15). The highest BCUT2D eigenvalue weighted by molar-refractivity contribution is 7.98. The second kappa shape index (κ2) is 4.58. The molecule has 1 heterocycles. The van der Waals surface area contributed by atoms with Crippen molar-refractivity contribution in [2.75, 3.05) is 6.26 Å². The molecule has 17 heavy (non-hydrogen) atoms. The summed E-state index contributed by atoms with van der Waals surface area (Å²) in [6.45, 7) is 0. The number of aromatic carboxylic acids is 1. The molecule has 0 atom stereocenters. The largest absolute Gasteiger partial charge is 0.475 e. The van der Waals surface area contributed by atoms with Crippen LogP contribution in [0.2, 0.25) is 0 Å². The van der Waals surface area contributed by atoms with Crippen molar-refractivity contribution in [3.8, 4) is 11.3 Å². The van der Waals surface area contributed by atoms with Gasteiger partial charge in [-0.1, -0.05) is 17.3 Å². The maximum atomic E-state index is 13.5. The fourth-order valence-corrected chi connectivity index (χ4v) is 2.08. The van der Waals surface area contributed by atoms with Crippen molar-refractivity contribution >= 4 is 17.7 Å². The lowest BCUT2D eigenvalue weighted by Crippen LogP contribution is -1.91. The van der Waals surface area contributed by atoms with Gasteiger partial charge >= 0.3 is 5.97 Å². The Hall–Kier alpha value is -1.82. The average Bonchev–Trinajstić information content (AvgIpc) is 2.77. The van der Waals surface area contributed by atoms with Crippen molar-refractivity contribution in [1.82, 2.24) is 5.16 Å². The second-order valence-electron chi connectivity index (χ2n) is 3.20. The number of carboxylic acids is 1. The molecule has 2 rings (SSSR count). The van der Waals surface area contributed by atoms with E-state index in [1.165, 1.54) is 23.9 Å². The fourth-order valence-electron chi connectivity index (χ4n) is 1.42. The summed E-state index contributed by atoms with van der Waals surface area (Å²) in [4.78, 5) is 11.1. The minimum atomic E-state index is -1.20. The van der Waals surface area contributed by atoms with E-state index in [1.807, 2.05) is 0 Å². The molecule has 1 N–H and O–H groups in total. The lowest BCUT2D eigenvalue weighted by atomic mass is 10.1. The van der Waals surface area contributed by atoms with Gasteiger partial charge in [-0.25, -0.2) is 9.18 Å². The van der Waals surface area contributed by atoms with Crippen molar-refractivity contribution in [1.29, 1.82) is 0 Å². The van der Waals surface area contributed by atoms with Crippen LogP contribution in [0.1, 0.15) is 10.6 Å². The Labute approximate surface area is 100 Å². The van der Waals surface area contributed by atoms with Crippen LogP contribution in [0.15, 0.2) is 33.7 Å². The van der Waals surface area contributed by atoms with Crippen molar-refractivity contribution in [3.05, 3.63) is 35.8 Å². The molecule has 0 fully saturated rings. The molecule has 88 valence electrons. The molecular weight excluding hydrogens is 245 g/mol. The number of thioether (sulfide) groups is 1. The van der Waals surface area contributed by atoms with Gasteiger partial charge in [-0.2, -0.15) is 0 Å². The third kappa shape index (κ3) is 2.16. The van der Waals surface area contributed by atoms with E-state index in [9.17, 15) is 9.18 Å².